The van der Waals surface area contributed by atoms with Gasteiger partial charge in [-0.3, -0.25) is 0 Å². The van der Waals surface area contributed by atoms with E-state index >= 15 is 0 Å². The molecule has 0 saturated heterocycles. The predicted molar refractivity (Wildman–Crippen MR) is 216 cm³/mol. The third-order valence-electron chi connectivity index (χ3n) is 9.92. The maximum absolute atomic E-state index is 2.43. The standard InChI is InChI=1S/C49H36N2/c1-4-14-36(15-5-1)38-24-29-42(30-25-38)50(43-31-26-39(27-32-43)37-16-6-2-7-17-37)35-41-18-10-11-21-45(41)40-28-33-47-46-22-12-13-23-48(46)51(49(47)34-40)44-19-8-3-9-20-44/h1-34H,35H2. The average molecular weight is 653 g/mol. The van der Waals surface area contributed by atoms with Crippen LogP contribution in [-0.4, -0.2) is 4.57 Å². The first-order valence-electron chi connectivity index (χ1n) is 17.6. The molecule has 0 amide bonds. The monoisotopic (exact) mass is 652 g/mol. The fourth-order valence-corrected chi connectivity index (χ4v) is 7.36. The van der Waals surface area contributed by atoms with Gasteiger partial charge in [0, 0.05) is 34.4 Å². The Labute approximate surface area is 299 Å². The number of rotatable bonds is 8. The van der Waals surface area contributed by atoms with Crippen LogP contribution in [0.5, 0.6) is 0 Å². The molecule has 0 aliphatic heterocycles. The Hall–Kier alpha value is -6.64. The molecule has 0 fully saturated rings. The van der Waals surface area contributed by atoms with Crippen LogP contribution in [0.25, 0.3) is 60.9 Å². The van der Waals surface area contributed by atoms with E-state index in [1.807, 2.05) is 0 Å². The lowest BCUT2D eigenvalue weighted by Gasteiger charge is -2.27. The van der Waals surface area contributed by atoms with Gasteiger partial charge in [-0.1, -0.05) is 158 Å². The van der Waals surface area contributed by atoms with Crippen molar-refractivity contribution in [2.75, 3.05) is 4.90 Å². The predicted octanol–water partition coefficient (Wildman–Crippen LogP) is 13.1. The van der Waals surface area contributed by atoms with Crippen molar-refractivity contribution in [1.82, 2.24) is 4.57 Å². The highest BCUT2D eigenvalue weighted by atomic mass is 15.1. The second-order valence-corrected chi connectivity index (χ2v) is 13.0. The van der Waals surface area contributed by atoms with Gasteiger partial charge in [0.25, 0.3) is 0 Å². The Kier molecular flexibility index (Phi) is 7.96. The van der Waals surface area contributed by atoms with Gasteiger partial charge in [0.15, 0.2) is 0 Å². The van der Waals surface area contributed by atoms with Crippen molar-refractivity contribution in [2.24, 2.45) is 0 Å². The van der Waals surface area contributed by atoms with E-state index < -0.39 is 0 Å². The second kappa shape index (κ2) is 13.3. The lowest BCUT2D eigenvalue weighted by Crippen LogP contribution is -2.17. The van der Waals surface area contributed by atoms with Crippen LogP contribution in [-0.2, 0) is 6.54 Å². The minimum Gasteiger partial charge on any atom is -0.337 e. The molecule has 0 radical (unpaired) electrons. The summed E-state index contributed by atoms with van der Waals surface area (Å²) in [5, 5.41) is 2.52. The van der Waals surface area contributed by atoms with Gasteiger partial charge >= 0.3 is 0 Å². The van der Waals surface area contributed by atoms with E-state index in [0.29, 0.717) is 6.54 Å². The molecule has 0 aliphatic carbocycles. The molecule has 2 heteroatoms. The van der Waals surface area contributed by atoms with Gasteiger partial charge in [-0.2, -0.15) is 0 Å². The van der Waals surface area contributed by atoms with E-state index in [1.54, 1.807) is 0 Å². The molecular formula is C49H36N2. The van der Waals surface area contributed by atoms with Crippen LogP contribution in [0.15, 0.2) is 206 Å². The number of aromatic nitrogens is 1. The van der Waals surface area contributed by atoms with Crippen LogP contribution in [0.1, 0.15) is 5.56 Å². The SMILES string of the molecule is c1ccc(-c2ccc(N(Cc3ccccc3-c3ccc4c5ccccc5n(-c5ccccc5)c4c3)c3ccc(-c4ccccc4)cc3)cc2)cc1. The number of para-hydroxylation sites is 2. The number of nitrogens with zero attached hydrogens (tertiary/aromatic N) is 2. The molecule has 0 N–H and O–H groups in total. The summed E-state index contributed by atoms with van der Waals surface area (Å²) in [4.78, 5) is 2.43. The summed E-state index contributed by atoms with van der Waals surface area (Å²) in [6, 6.07) is 74.3. The second-order valence-electron chi connectivity index (χ2n) is 13.0. The molecule has 1 heterocycles. The fraction of sp³-hybridized carbons (Fsp3) is 0.0204. The van der Waals surface area contributed by atoms with Gasteiger partial charge in [-0.05, 0) is 87.5 Å². The smallest absolute Gasteiger partial charge is 0.0547 e. The van der Waals surface area contributed by atoms with Crippen LogP contribution in [0.4, 0.5) is 11.4 Å². The Bertz CT molecular complexity index is 2490. The normalized spacial score (nSPS) is 11.2. The van der Waals surface area contributed by atoms with Gasteiger partial charge in [0.1, 0.15) is 0 Å². The zero-order valence-corrected chi connectivity index (χ0v) is 28.2. The highest BCUT2D eigenvalue weighted by molar-refractivity contribution is 6.10. The molecule has 0 atom stereocenters. The number of anilines is 2. The highest BCUT2D eigenvalue weighted by Crippen LogP contribution is 2.38. The van der Waals surface area contributed by atoms with Gasteiger partial charge in [-0.15, -0.1) is 0 Å². The zero-order chi connectivity index (χ0) is 34.0. The number of hydrogen-bond acceptors (Lipinski definition) is 1. The van der Waals surface area contributed by atoms with Crippen molar-refractivity contribution in [3.8, 4) is 39.1 Å². The van der Waals surface area contributed by atoms with Crippen LogP contribution >= 0.6 is 0 Å². The largest absolute Gasteiger partial charge is 0.337 e. The molecule has 9 aromatic rings. The fourth-order valence-electron chi connectivity index (χ4n) is 7.36. The zero-order valence-electron chi connectivity index (χ0n) is 28.2. The molecule has 0 unspecified atom stereocenters. The lowest BCUT2D eigenvalue weighted by molar-refractivity contribution is 0.977. The van der Waals surface area contributed by atoms with Crippen LogP contribution in [0.2, 0.25) is 0 Å². The van der Waals surface area contributed by atoms with E-state index in [1.165, 1.54) is 66.4 Å². The summed E-state index contributed by atoms with van der Waals surface area (Å²) in [6.45, 7) is 0.714. The maximum Gasteiger partial charge on any atom is 0.0547 e. The summed E-state index contributed by atoms with van der Waals surface area (Å²) in [5.41, 5.74) is 14.4. The number of hydrogen-bond donors (Lipinski definition) is 0. The first-order valence-corrected chi connectivity index (χ1v) is 17.6. The molecule has 8 aromatic carbocycles. The summed E-state index contributed by atoms with van der Waals surface area (Å²) in [6.07, 6.45) is 0. The van der Waals surface area contributed by atoms with Crippen molar-refractivity contribution < 1.29 is 0 Å². The van der Waals surface area contributed by atoms with E-state index in [-0.39, 0.29) is 0 Å². The van der Waals surface area contributed by atoms with E-state index in [4.69, 9.17) is 0 Å². The van der Waals surface area contributed by atoms with Crippen LogP contribution in [0, 0.1) is 0 Å². The maximum atomic E-state index is 2.43. The number of benzene rings is 8. The van der Waals surface area contributed by atoms with E-state index in [9.17, 15) is 0 Å². The van der Waals surface area contributed by atoms with E-state index in [0.717, 1.165) is 11.4 Å². The molecule has 0 bridgehead atoms. The Morgan fingerprint density at radius 1 is 0.353 bits per heavy atom. The molecule has 0 saturated carbocycles. The third kappa shape index (κ3) is 5.88. The summed E-state index contributed by atoms with van der Waals surface area (Å²) >= 11 is 0. The van der Waals surface area contributed by atoms with Crippen molar-refractivity contribution in [1.29, 1.82) is 0 Å². The first-order chi connectivity index (χ1) is 25.3. The van der Waals surface area contributed by atoms with Crippen molar-refractivity contribution >= 4 is 33.2 Å². The van der Waals surface area contributed by atoms with E-state index in [2.05, 4.69) is 216 Å². The van der Waals surface area contributed by atoms with Crippen molar-refractivity contribution in [3.05, 3.63) is 212 Å². The minimum atomic E-state index is 0.714. The highest BCUT2D eigenvalue weighted by Gasteiger charge is 2.17. The van der Waals surface area contributed by atoms with Crippen molar-refractivity contribution in [3.63, 3.8) is 0 Å². The molecule has 9 rings (SSSR count). The molecule has 0 aliphatic rings. The summed E-state index contributed by atoms with van der Waals surface area (Å²) in [5.74, 6) is 0. The lowest BCUT2D eigenvalue weighted by atomic mass is 9.97. The molecular weight excluding hydrogens is 617 g/mol. The molecule has 51 heavy (non-hydrogen) atoms. The average Bonchev–Trinajstić information content (AvgIpc) is 3.55. The van der Waals surface area contributed by atoms with Gasteiger partial charge < -0.3 is 9.47 Å². The molecule has 242 valence electrons. The molecule has 2 nitrogen and oxygen atoms in total. The Morgan fingerprint density at radius 3 is 1.45 bits per heavy atom. The minimum absolute atomic E-state index is 0.714. The molecule has 1 aromatic heterocycles. The topological polar surface area (TPSA) is 8.17 Å². The quantitative estimate of drug-likeness (QED) is 0.159. The third-order valence-corrected chi connectivity index (χ3v) is 9.92. The van der Waals surface area contributed by atoms with Crippen LogP contribution < -0.4 is 4.90 Å². The first kappa shape index (κ1) is 30.4. The van der Waals surface area contributed by atoms with Crippen molar-refractivity contribution in [2.45, 2.75) is 6.54 Å². The van der Waals surface area contributed by atoms with Gasteiger partial charge in [0.2, 0.25) is 0 Å². The van der Waals surface area contributed by atoms with Gasteiger partial charge in [-0.25, -0.2) is 0 Å². The summed E-state index contributed by atoms with van der Waals surface area (Å²) < 4.78 is 2.39. The summed E-state index contributed by atoms with van der Waals surface area (Å²) in [7, 11) is 0. The molecule has 0 spiro atoms. The van der Waals surface area contributed by atoms with Crippen LogP contribution in [0.3, 0.4) is 0 Å². The Balaban J connectivity index is 1.14. The Morgan fingerprint density at radius 2 is 0.824 bits per heavy atom. The number of fused-ring (bicyclic) bond motifs is 3. The van der Waals surface area contributed by atoms with Gasteiger partial charge in [0.05, 0.1) is 11.0 Å².